The Hall–Kier alpha value is -4.64. The van der Waals surface area contributed by atoms with Crippen LogP contribution in [0.15, 0.2) is 89.2 Å². The second kappa shape index (κ2) is 12.4. The van der Waals surface area contributed by atoms with Crippen LogP contribution in [0.2, 0.25) is 5.02 Å². The van der Waals surface area contributed by atoms with Crippen molar-refractivity contribution in [1.29, 1.82) is 0 Å². The summed E-state index contributed by atoms with van der Waals surface area (Å²) in [6.45, 7) is 8.76. The molecule has 8 nitrogen and oxygen atoms in total. The lowest BCUT2D eigenvalue weighted by Gasteiger charge is -2.44. The van der Waals surface area contributed by atoms with Gasteiger partial charge in [-0.25, -0.2) is 14.4 Å². The Balaban J connectivity index is 1.35. The minimum atomic E-state index is -3.19. The third kappa shape index (κ3) is 5.88. The van der Waals surface area contributed by atoms with Crippen LogP contribution >= 0.6 is 11.6 Å². The standard InChI is InChI=1S/C37H37ClF3N7O/c1-5-13-36(40,41)31-20-49-37(24(2)18-43-31,32-19-42-23-46(32)4)26-9-12-30-28(17-26)33(38)29(34(45-30)47-21-35(3,39)22-47)16-25-7-10-27(11-8-25)48-15-6-14-44-48/h7-12,14,17-20,23H,2,5-6,13,15-16,21-22H2,1,3-4H3. The minimum Gasteiger partial charge on any atom is -0.477 e. The number of hydrazone groups is 1. The zero-order chi connectivity index (χ0) is 34.6. The van der Waals surface area contributed by atoms with Crippen molar-refractivity contribution in [3.63, 3.8) is 0 Å². The van der Waals surface area contributed by atoms with Crippen LogP contribution in [0.3, 0.4) is 0 Å². The number of ether oxygens (including phenoxy) is 1. The number of aliphatic imine (C=N–C) groups is 1. The highest BCUT2D eigenvalue weighted by molar-refractivity contribution is 6.36. The quantitative estimate of drug-likeness (QED) is 0.178. The van der Waals surface area contributed by atoms with Gasteiger partial charge in [-0.05, 0) is 36.8 Å². The third-order valence-corrected chi connectivity index (χ3v) is 9.75. The van der Waals surface area contributed by atoms with E-state index >= 15 is 8.78 Å². The van der Waals surface area contributed by atoms with E-state index in [-0.39, 0.29) is 25.9 Å². The number of alkyl halides is 3. The lowest BCUT2D eigenvalue weighted by molar-refractivity contribution is 0.0206. The maximum atomic E-state index is 15.1. The van der Waals surface area contributed by atoms with E-state index in [1.54, 1.807) is 38.0 Å². The molecule has 254 valence electrons. The number of imidazole rings is 1. The van der Waals surface area contributed by atoms with Gasteiger partial charge in [-0.2, -0.15) is 13.9 Å². The summed E-state index contributed by atoms with van der Waals surface area (Å²) in [5.74, 6) is -2.56. The molecular weight excluding hydrogens is 651 g/mol. The smallest absolute Gasteiger partial charge is 0.292 e. The SMILES string of the molecule is C=C1C=NC(C(F)(F)CCC)=COC1(c1ccc2nc(N3CC(C)(F)C3)c(Cc3ccc(N4CCC=N4)cc3)c(Cl)c2c1)c1cncn1C. The van der Waals surface area contributed by atoms with Crippen molar-refractivity contribution in [3.05, 3.63) is 107 Å². The molecule has 2 aromatic carbocycles. The van der Waals surface area contributed by atoms with E-state index in [4.69, 9.17) is 21.3 Å². The number of nitrogens with zero attached hydrogens (tertiary/aromatic N) is 7. The van der Waals surface area contributed by atoms with Gasteiger partial charge in [-0.1, -0.05) is 49.7 Å². The van der Waals surface area contributed by atoms with Crippen LogP contribution < -0.4 is 9.91 Å². The van der Waals surface area contributed by atoms with Gasteiger partial charge in [-0.3, -0.25) is 10.0 Å². The maximum absolute atomic E-state index is 15.1. The van der Waals surface area contributed by atoms with Crippen molar-refractivity contribution in [1.82, 2.24) is 14.5 Å². The summed E-state index contributed by atoms with van der Waals surface area (Å²) in [4.78, 5) is 15.4. The van der Waals surface area contributed by atoms with Crippen LogP contribution in [-0.4, -0.2) is 58.2 Å². The molecule has 2 aromatic heterocycles. The number of aromatic nitrogens is 3. The molecule has 0 amide bonds. The number of hydrogen-bond acceptors (Lipinski definition) is 7. The van der Waals surface area contributed by atoms with E-state index in [9.17, 15) is 4.39 Å². The van der Waals surface area contributed by atoms with Crippen molar-refractivity contribution in [2.75, 3.05) is 29.5 Å². The highest BCUT2D eigenvalue weighted by atomic mass is 35.5. The average Bonchev–Trinajstić information content (AvgIpc) is 3.72. The summed E-state index contributed by atoms with van der Waals surface area (Å²) in [5.41, 5.74) is 1.56. The summed E-state index contributed by atoms with van der Waals surface area (Å²) in [7, 11) is 1.80. The number of pyridine rings is 1. The summed E-state index contributed by atoms with van der Waals surface area (Å²) < 4.78 is 53.1. The molecule has 5 heterocycles. The Morgan fingerprint density at radius 2 is 1.90 bits per heavy atom. The Morgan fingerprint density at radius 3 is 2.55 bits per heavy atom. The molecule has 4 aromatic rings. The van der Waals surface area contributed by atoms with Crippen LogP contribution in [-0.2, 0) is 23.8 Å². The molecule has 12 heteroatoms. The highest BCUT2D eigenvalue weighted by Crippen LogP contribution is 2.45. The fourth-order valence-corrected chi connectivity index (χ4v) is 7.10. The normalized spacial score (nSPS) is 20.4. The number of anilines is 2. The fraction of sp³-hybridized carbons (Fsp3) is 0.351. The third-order valence-electron chi connectivity index (χ3n) is 9.32. The first-order chi connectivity index (χ1) is 23.4. The summed E-state index contributed by atoms with van der Waals surface area (Å²) >= 11 is 7.32. The molecule has 0 N–H and O–H groups in total. The number of hydrogen-bond donors (Lipinski definition) is 0. The molecule has 0 saturated carbocycles. The zero-order valence-electron chi connectivity index (χ0n) is 27.6. The number of rotatable bonds is 9. The van der Waals surface area contributed by atoms with E-state index in [0.717, 1.165) is 36.0 Å². The van der Waals surface area contributed by atoms with Gasteiger partial charge >= 0.3 is 0 Å². The first-order valence-corrected chi connectivity index (χ1v) is 16.7. The number of benzene rings is 2. The van der Waals surface area contributed by atoms with Crippen molar-refractivity contribution in [2.24, 2.45) is 17.1 Å². The molecule has 1 atom stereocenters. The summed E-state index contributed by atoms with van der Waals surface area (Å²) in [6.07, 6.45) is 8.75. The number of fused-ring (bicyclic) bond motifs is 1. The lowest BCUT2D eigenvalue weighted by Crippen LogP contribution is -2.57. The van der Waals surface area contributed by atoms with Gasteiger partial charge in [0.2, 0.25) is 5.60 Å². The van der Waals surface area contributed by atoms with Gasteiger partial charge < -0.3 is 14.2 Å². The van der Waals surface area contributed by atoms with Crippen LogP contribution in [0, 0.1) is 0 Å². The number of halogens is 4. The molecule has 1 saturated heterocycles. The Morgan fingerprint density at radius 1 is 1.12 bits per heavy atom. The van der Waals surface area contributed by atoms with Crippen molar-refractivity contribution < 1.29 is 17.9 Å². The molecule has 0 aliphatic carbocycles. The van der Waals surface area contributed by atoms with E-state index < -0.39 is 22.9 Å². The molecule has 3 aliphatic heterocycles. The fourth-order valence-electron chi connectivity index (χ4n) is 6.80. The van der Waals surface area contributed by atoms with Gasteiger partial charge in [0.1, 0.15) is 23.4 Å². The molecule has 0 bridgehead atoms. The van der Waals surface area contributed by atoms with Crippen LogP contribution in [0.1, 0.15) is 55.5 Å². The Kier molecular flexibility index (Phi) is 8.29. The number of allylic oxidation sites excluding steroid dienone is 1. The van der Waals surface area contributed by atoms with Gasteiger partial charge in [-0.15, -0.1) is 0 Å². The predicted octanol–water partition coefficient (Wildman–Crippen LogP) is 8.13. The average molecular weight is 688 g/mol. The van der Waals surface area contributed by atoms with E-state index in [1.807, 2.05) is 58.6 Å². The Labute approximate surface area is 288 Å². The Bertz CT molecular complexity index is 2010. The van der Waals surface area contributed by atoms with E-state index in [1.165, 1.54) is 6.21 Å². The summed E-state index contributed by atoms with van der Waals surface area (Å²) in [5, 5.41) is 7.46. The first kappa shape index (κ1) is 32.9. The van der Waals surface area contributed by atoms with Gasteiger partial charge in [0.25, 0.3) is 5.92 Å². The second-order valence-corrected chi connectivity index (χ2v) is 13.6. The first-order valence-electron chi connectivity index (χ1n) is 16.3. The molecule has 0 radical (unpaired) electrons. The topological polar surface area (TPSA) is 71.1 Å². The van der Waals surface area contributed by atoms with Crippen molar-refractivity contribution >= 4 is 46.4 Å². The van der Waals surface area contributed by atoms with Crippen LogP contribution in [0.5, 0.6) is 0 Å². The molecule has 0 spiro atoms. The van der Waals surface area contributed by atoms with Gasteiger partial charge in [0.15, 0.2) is 0 Å². The summed E-state index contributed by atoms with van der Waals surface area (Å²) in [6, 6.07) is 13.6. The molecule has 1 fully saturated rings. The lowest BCUT2D eigenvalue weighted by atomic mass is 9.83. The molecule has 7 rings (SSSR count). The molecule has 49 heavy (non-hydrogen) atoms. The van der Waals surface area contributed by atoms with Crippen LogP contribution in [0.25, 0.3) is 10.9 Å². The highest BCUT2D eigenvalue weighted by Gasteiger charge is 2.45. The van der Waals surface area contributed by atoms with Gasteiger partial charge in [0, 0.05) is 67.4 Å². The van der Waals surface area contributed by atoms with E-state index in [0.29, 0.717) is 45.0 Å². The predicted molar refractivity (Wildman–Crippen MR) is 189 cm³/mol. The maximum Gasteiger partial charge on any atom is 0.292 e. The second-order valence-electron chi connectivity index (χ2n) is 13.2. The van der Waals surface area contributed by atoms with Gasteiger partial charge in [0.05, 0.1) is 47.5 Å². The number of aryl methyl sites for hydroxylation is 1. The van der Waals surface area contributed by atoms with Crippen molar-refractivity contribution in [2.45, 2.75) is 56.7 Å². The minimum absolute atomic E-state index is 0.201. The van der Waals surface area contributed by atoms with E-state index in [2.05, 4.69) is 21.7 Å². The van der Waals surface area contributed by atoms with Crippen molar-refractivity contribution in [3.8, 4) is 0 Å². The monoisotopic (exact) mass is 687 g/mol. The molecule has 3 aliphatic rings. The van der Waals surface area contributed by atoms with Crippen LogP contribution in [0.4, 0.5) is 24.7 Å². The molecular formula is C37H37ClF3N7O. The largest absolute Gasteiger partial charge is 0.477 e. The zero-order valence-corrected chi connectivity index (χ0v) is 28.4. The molecule has 1 unspecified atom stereocenters.